The Hall–Kier alpha value is -1.91. The fraction of sp³-hybridized carbons (Fsp3) is 0.500. The molecule has 0 unspecified atom stereocenters. The standard InChI is InChI=1S/C18H25N3O5S2/c1-13-6-5-11-20(12-13)28(24,25)18-14(2)19-21(15(18)3)27(22,23)17-9-7-16(26-4)8-10-17/h7-10,13H,5-6,11-12H2,1-4H3/t13-/m0/s1. The van der Waals surface area contributed by atoms with Gasteiger partial charge in [0.15, 0.2) is 0 Å². The molecule has 0 radical (unpaired) electrons. The summed E-state index contributed by atoms with van der Waals surface area (Å²) in [5, 5.41) is 4.07. The second-order valence-corrected chi connectivity index (χ2v) is 10.8. The van der Waals surface area contributed by atoms with Crippen molar-refractivity contribution in [3.05, 3.63) is 35.7 Å². The molecule has 28 heavy (non-hydrogen) atoms. The van der Waals surface area contributed by atoms with Gasteiger partial charge < -0.3 is 4.74 Å². The molecule has 0 bridgehead atoms. The lowest BCUT2D eigenvalue weighted by Gasteiger charge is -2.30. The molecule has 1 atom stereocenters. The lowest BCUT2D eigenvalue weighted by Crippen LogP contribution is -2.39. The Morgan fingerprint density at radius 1 is 1.07 bits per heavy atom. The molecule has 0 saturated carbocycles. The smallest absolute Gasteiger partial charge is 0.283 e. The van der Waals surface area contributed by atoms with Crippen molar-refractivity contribution in [2.24, 2.45) is 5.92 Å². The second kappa shape index (κ2) is 7.49. The van der Waals surface area contributed by atoms with Gasteiger partial charge in [0.1, 0.15) is 10.6 Å². The maximum Gasteiger partial charge on any atom is 0.283 e. The molecule has 0 aliphatic carbocycles. The van der Waals surface area contributed by atoms with E-state index >= 15 is 0 Å². The van der Waals surface area contributed by atoms with E-state index in [1.54, 1.807) is 0 Å². The number of benzene rings is 1. The average Bonchev–Trinajstić information content (AvgIpc) is 2.97. The van der Waals surface area contributed by atoms with Crippen LogP contribution in [0.3, 0.4) is 0 Å². The monoisotopic (exact) mass is 427 g/mol. The average molecular weight is 428 g/mol. The summed E-state index contributed by atoms with van der Waals surface area (Å²) in [7, 11) is -6.36. The number of nitrogens with zero attached hydrogens (tertiary/aromatic N) is 3. The minimum Gasteiger partial charge on any atom is -0.497 e. The van der Waals surface area contributed by atoms with Crippen molar-refractivity contribution in [2.75, 3.05) is 20.2 Å². The normalized spacial score (nSPS) is 18.9. The fourth-order valence-electron chi connectivity index (χ4n) is 3.55. The first-order valence-corrected chi connectivity index (χ1v) is 11.9. The van der Waals surface area contributed by atoms with Crippen molar-refractivity contribution in [3.8, 4) is 5.75 Å². The Balaban J connectivity index is 2.06. The van der Waals surface area contributed by atoms with Crippen LogP contribution < -0.4 is 4.74 Å². The number of sulfonamides is 1. The summed E-state index contributed by atoms with van der Waals surface area (Å²) < 4.78 is 59.7. The molecule has 0 spiro atoms. The molecule has 1 aliphatic heterocycles. The third-order valence-electron chi connectivity index (χ3n) is 4.99. The SMILES string of the molecule is COc1ccc(S(=O)(=O)n2nc(C)c(S(=O)(=O)N3CCC[C@H](C)C3)c2C)cc1. The van der Waals surface area contributed by atoms with Gasteiger partial charge in [-0.25, -0.2) is 8.42 Å². The van der Waals surface area contributed by atoms with Crippen LogP contribution in [0.2, 0.25) is 0 Å². The summed E-state index contributed by atoms with van der Waals surface area (Å²) in [4.78, 5) is -0.0203. The van der Waals surface area contributed by atoms with Crippen molar-refractivity contribution in [1.29, 1.82) is 0 Å². The molecule has 0 N–H and O–H groups in total. The van der Waals surface area contributed by atoms with Gasteiger partial charge in [-0.1, -0.05) is 6.92 Å². The number of aryl methyl sites for hydroxylation is 1. The highest BCUT2D eigenvalue weighted by Crippen LogP contribution is 2.29. The van der Waals surface area contributed by atoms with E-state index in [4.69, 9.17) is 4.74 Å². The molecule has 2 aromatic rings. The van der Waals surface area contributed by atoms with E-state index in [-0.39, 0.29) is 27.1 Å². The zero-order chi connectivity index (χ0) is 20.7. The molecular weight excluding hydrogens is 402 g/mol. The third kappa shape index (κ3) is 3.56. The minimum atomic E-state index is -4.03. The van der Waals surface area contributed by atoms with E-state index in [0.29, 0.717) is 18.8 Å². The van der Waals surface area contributed by atoms with Gasteiger partial charge in [0.25, 0.3) is 10.0 Å². The first-order valence-electron chi connectivity index (χ1n) is 9.05. The first kappa shape index (κ1) is 20.8. The molecule has 1 fully saturated rings. The topological polar surface area (TPSA) is 98.6 Å². The van der Waals surface area contributed by atoms with E-state index in [2.05, 4.69) is 5.10 Å². The number of ether oxygens (including phenoxy) is 1. The van der Waals surface area contributed by atoms with Crippen LogP contribution in [-0.4, -0.2) is 50.5 Å². The number of rotatable bonds is 5. The molecule has 1 aromatic carbocycles. The number of methoxy groups -OCH3 is 1. The van der Waals surface area contributed by atoms with Crippen molar-refractivity contribution in [3.63, 3.8) is 0 Å². The number of hydrogen-bond donors (Lipinski definition) is 0. The predicted octanol–water partition coefficient (Wildman–Crippen LogP) is 2.17. The summed E-state index contributed by atoms with van der Waals surface area (Å²) in [6.07, 6.45) is 1.77. The highest BCUT2D eigenvalue weighted by atomic mass is 32.2. The summed E-state index contributed by atoms with van der Waals surface area (Å²) in [6, 6.07) is 5.88. The van der Waals surface area contributed by atoms with Crippen molar-refractivity contribution in [1.82, 2.24) is 13.5 Å². The molecule has 8 nitrogen and oxygen atoms in total. The molecule has 1 aromatic heterocycles. The molecular formula is C18H25N3O5S2. The Labute approximate surface area is 166 Å². The first-order chi connectivity index (χ1) is 13.1. The van der Waals surface area contributed by atoms with Crippen molar-refractivity contribution in [2.45, 2.75) is 43.4 Å². The predicted molar refractivity (Wildman–Crippen MR) is 104 cm³/mol. The largest absolute Gasteiger partial charge is 0.497 e. The van der Waals surface area contributed by atoms with Gasteiger partial charge in [-0.15, -0.1) is 0 Å². The van der Waals surface area contributed by atoms with E-state index < -0.39 is 20.0 Å². The van der Waals surface area contributed by atoms with E-state index in [1.807, 2.05) is 6.92 Å². The van der Waals surface area contributed by atoms with Gasteiger partial charge in [-0.05, 0) is 56.9 Å². The zero-order valence-electron chi connectivity index (χ0n) is 16.4. The Kier molecular flexibility index (Phi) is 5.57. The van der Waals surface area contributed by atoms with Crippen LogP contribution >= 0.6 is 0 Å². The highest BCUT2D eigenvalue weighted by Gasteiger charge is 2.35. The maximum atomic E-state index is 13.2. The molecule has 2 heterocycles. The van der Waals surface area contributed by atoms with Crippen molar-refractivity contribution >= 4 is 20.0 Å². The summed E-state index contributed by atoms with van der Waals surface area (Å²) in [5.41, 5.74) is 0.263. The number of piperidine rings is 1. The second-order valence-electron chi connectivity index (χ2n) is 7.13. The summed E-state index contributed by atoms with van der Waals surface area (Å²) in [6.45, 7) is 5.87. The number of aromatic nitrogens is 2. The Bertz CT molecular complexity index is 1070. The number of hydrogen-bond acceptors (Lipinski definition) is 6. The Morgan fingerprint density at radius 3 is 2.29 bits per heavy atom. The van der Waals surface area contributed by atoms with Gasteiger partial charge in [-0.3, -0.25) is 0 Å². The van der Waals surface area contributed by atoms with Crippen LogP contribution in [0.1, 0.15) is 31.2 Å². The van der Waals surface area contributed by atoms with Gasteiger partial charge in [0.2, 0.25) is 10.0 Å². The molecule has 1 saturated heterocycles. The van der Waals surface area contributed by atoms with Crippen molar-refractivity contribution < 1.29 is 21.6 Å². The van der Waals surface area contributed by atoms with Gasteiger partial charge >= 0.3 is 0 Å². The summed E-state index contributed by atoms with van der Waals surface area (Å²) >= 11 is 0. The van der Waals surface area contributed by atoms with Gasteiger partial charge in [-0.2, -0.15) is 21.9 Å². The van der Waals surface area contributed by atoms with Crippen LogP contribution in [0, 0.1) is 19.8 Å². The third-order valence-corrected chi connectivity index (χ3v) is 8.78. The molecule has 154 valence electrons. The van der Waals surface area contributed by atoms with Crippen LogP contribution in [0.15, 0.2) is 34.1 Å². The molecule has 10 heteroatoms. The van der Waals surface area contributed by atoms with Crippen LogP contribution in [0.5, 0.6) is 5.75 Å². The minimum absolute atomic E-state index is 0.00874. The van der Waals surface area contributed by atoms with Gasteiger partial charge in [0.05, 0.1) is 23.4 Å². The van der Waals surface area contributed by atoms with Gasteiger partial charge in [0, 0.05) is 13.1 Å². The fourth-order valence-corrected chi connectivity index (χ4v) is 6.93. The summed E-state index contributed by atoms with van der Waals surface area (Å²) in [5.74, 6) is 0.789. The molecule has 3 rings (SSSR count). The molecule has 0 amide bonds. The van der Waals surface area contributed by atoms with E-state index in [0.717, 1.165) is 16.9 Å². The maximum absolute atomic E-state index is 13.2. The lowest BCUT2D eigenvalue weighted by atomic mass is 10.0. The highest BCUT2D eigenvalue weighted by molar-refractivity contribution is 7.90. The zero-order valence-corrected chi connectivity index (χ0v) is 18.0. The van der Waals surface area contributed by atoms with Crippen LogP contribution in [-0.2, 0) is 20.0 Å². The van der Waals surface area contributed by atoms with E-state index in [9.17, 15) is 16.8 Å². The lowest BCUT2D eigenvalue weighted by molar-refractivity contribution is 0.281. The molecule has 1 aliphatic rings. The van der Waals surface area contributed by atoms with E-state index in [1.165, 1.54) is 49.5 Å². The quantitative estimate of drug-likeness (QED) is 0.725. The van der Waals surface area contributed by atoms with Crippen LogP contribution in [0.25, 0.3) is 0 Å². The Morgan fingerprint density at radius 2 is 1.71 bits per heavy atom. The van der Waals surface area contributed by atoms with Crippen LogP contribution in [0.4, 0.5) is 0 Å².